The standard InChI is InChI=1S/C13H17F3N2O2S/c1-8(2)7-19-17-6-11-9(3)18-13(20-11)21-5-4-10(14)12(15)16/h6,8H,4-5,7H2,1-3H3/b17-6+. The van der Waals surface area contributed by atoms with Crippen molar-refractivity contribution in [2.75, 3.05) is 12.4 Å². The van der Waals surface area contributed by atoms with Gasteiger partial charge in [0.2, 0.25) is 0 Å². The number of thioether (sulfide) groups is 1. The fraction of sp³-hybridized carbons (Fsp3) is 0.538. The molecule has 0 fully saturated rings. The zero-order chi connectivity index (χ0) is 15.8. The lowest BCUT2D eigenvalue weighted by molar-refractivity contribution is 0.119. The molecule has 1 aromatic heterocycles. The van der Waals surface area contributed by atoms with Gasteiger partial charge in [-0.25, -0.2) is 9.37 Å². The number of rotatable bonds is 8. The smallest absolute Gasteiger partial charge is 0.301 e. The molecule has 0 unspecified atom stereocenters. The molecule has 0 aliphatic rings. The molecule has 1 aromatic rings. The minimum absolute atomic E-state index is 0.115. The number of hydrogen-bond donors (Lipinski definition) is 0. The molecule has 0 aliphatic carbocycles. The van der Waals surface area contributed by atoms with Gasteiger partial charge in [-0.3, -0.25) is 0 Å². The van der Waals surface area contributed by atoms with Gasteiger partial charge in [0.25, 0.3) is 5.22 Å². The average molecular weight is 322 g/mol. The fourth-order valence-electron chi connectivity index (χ4n) is 1.16. The SMILES string of the molecule is Cc1nc(SCCC(F)=C(F)F)oc1/C=N/OCC(C)C. The molecule has 1 rings (SSSR count). The first-order valence-corrected chi connectivity index (χ1v) is 7.34. The van der Waals surface area contributed by atoms with Gasteiger partial charge in [0, 0.05) is 12.2 Å². The van der Waals surface area contributed by atoms with Gasteiger partial charge < -0.3 is 9.25 Å². The maximum atomic E-state index is 12.6. The van der Waals surface area contributed by atoms with Crippen LogP contribution in [0.5, 0.6) is 0 Å². The summed E-state index contributed by atoms with van der Waals surface area (Å²) in [7, 11) is 0. The zero-order valence-electron chi connectivity index (χ0n) is 12.0. The highest BCUT2D eigenvalue weighted by molar-refractivity contribution is 7.99. The first-order valence-electron chi connectivity index (χ1n) is 6.35. The van der Waals surface area contributed by atoms with Crippen LogP contribution in [0.15, 0.2) is 26.7 Å². The summed E-state index contributed by atoms with van der Waals surface area (Å²) >= 11 is 1.06. The summed E-state index contributed by atoms with van der Waals surface area (Å²) in [6.45, 7) is 6.21. The normalized spacial score (nSPS) is 11.4. The second kappa shape index (κ2) is 8.76. The topological polar surface area (TPSA) is 47.6 Å². The third kappa shape index (κ3) is 6.70. The van der Waals surface area contributed by atoms with Gasteiger partial charge in [-0.2, -0.15) is 8.78 Å². The molecule has 21 heavy (non-hydrogen) atoms. The van der Waals surface area contributed by atoms with Crippen molar-refractivity contribution in [3.8, 4) is 0 Å². The van der Waals surface area contributed by atoms with Crippen molar-refractivity contribution in [1.82, 2.24) is 4.98 Å². The molecule has 1 heterocycles. The molecule has 0 atom stereocenters. The summed E-state index contributed by atoms with van der Waals surface area (Å²) in [5.41, 5.74) is 0.599. The number of aryl methyl sites for hydroxylation is 1. The second-order valence-electron chi connectivity index (χ2n) is 4.62. The van der Waals surface area contributed by atoms with Crippen molar-refractivity contribution in [1.29, 1.82) is 0 Å². The summed E-state index contributed by atoms with van der Waals surface area (Å²) in [6.07, 6.45) is -1.25. The molecular formula is C13H17F3N2O2S. The second-order valence-corrected chi connectivity index (χ2v) is 5.66. The molecule has 0 bridgehead atoms. The van der Waals surface area contributed by atoms with E-state index in [4.69, 9.17) is 9.25 Å². The number of oxazole rings is 1. The molecule has 0 radical (unpaired) electrons. The van der Waals surface area contributed by atoms with Crippen LogP contribution in [0.4, 0.5) is 13.2 Å². The molecule has 0 aromatic carbocycles. The van der Waals surface area contributed by atoms with Gasteiger partial charge in [0.15, 0.2) is 11.6 Å². The van der Waals surface area contributed by atoms with Crippen molar-refractivity contribution in [3.63, 3.8) is 0 Å². The maximum absolute atomic E-state index is 12.6. The van der Waals surface area contributed by atoms with Gasteiger partial charge in [-0.05, 0) is 12.8 Å². The predicted molar refractivity (Wildman–Crippen MR) is 75.3 cm³/mol. The van der Waals surface area contributed by atoms with E-state index in [-0.39, 0.29) is 17.4 Å². The molecule has 0 saturated carbocycles. The van der Waals surface area contributed by atoms with Gasteiger partial charge in [-0.15, -0.1) is 0 Å². The number of hydrogen-bond acceptors (Lipinski definition) is 5. The van der Waals surface area contributed by atoms with E-state index in [2.05, 4.69) is 10.1 Å². The Morgan fingerprint density at radius 2 is 2.14 bits per heavy atom. The highest BCUT2D eigenvalue weighted by Crippen LogP contribution is 2.23. The van der Waals surface area contributed by atoms with Gasteiger partial charge >= 0.3 is 6.08 Å². The van der Waals surface area contributed by atoms with Crippen LogP contribution in [0.3, 0.4) is 0 Å². The molecule has 8 heteroatoms. The van der Waals surface area contributed by atoms with E-state index in [0.29, 0.717) is 24.0 Å². The summed E-state index contributed by atoms with van der Waals surface area (Å²) < 4.78 is 41.7. The third-order valence-electron chi connectivity index (χ3n) is 2.22. The lowest BCUT2D eigenvalue weighted by Gasteiger charge is -2.00. The Balaban J connectivity index is 2.48. The van der Waals surface area contributed by atoms with E-state index in [9.17, 15) is 13.2 Å². The minimum Gasteiger partial charge on any atom is -0.430 e. The van der Waals surface area contributed by atoms with Crippen LogP contribution in [-0.2, 0) is 4.84 Å². The minimum atomic E-state index is -2.28. The maximum Gasteiger partial charge on any atom is 0.301 e. The van der Waals surface area contributed by atoms with Crippen LogP contribution in [0.1, 0.15) is 31.7 Å². The first kappa shape index (κ1) is 17.6. The van der Waals surface area contributed by atoms with Crippen LogP contribution in [0.25, 0.3) is 0 Å². The number of aromatic nitrogens is 1. The Labute approximate surface area is 125 Å². The zero-order valence-corrected chi connectivity index (χ0v) is 12.8. The van der Waals surface area contributed by atoms with E-state index in [1.165, 1.54) is 6.21 Å². The Bertz CT molecular complexity index is 512. The lowest BCUT2D eigenvalue weighted by atomic mass is 10.2. The lowest BCUT2D eigenvalue weighted by Crippen LogP contribution is -1.97. The van der Waals surface area contributed by atoms with Crippen molar-refractivity contribution < 1.29 is 22.4 Å². The molecule has 0 saturated heterocycles. The van der Waals surface area contributed by atoms with E-state index in [1.807, 2.05) is 13.8 Å². The number of oxime groups is 1. The Hall–Kier alpha value is -1.44. The molecule has 0 aliphatic heterocycles. The summed E-state index contributed by atoms with van der Waals surface area (Å²) in [5, 5.41) is 4.04. The molecule has 0 amide bonds. The Morgan fingerprint density at radius 3 is 2.76 bits per heavy atom. The Morgan fingerprint density at radius 1 is 1.43 bits per heavy atom. The molecule has 4 nitrogen and oxygen atoms in total. The quantitative estimate of drug-likeness (QED) is 0.400. The average Bonchev–Trinajstić information content (AvgIpc) is 2.74. The molecule has 0 spiro atoms. The van der Waals surface area contributed by atoms with Crippen molar-refractivity contribution in [2.24, 2.45) is 11.1 Å². The fourth-order valence-corrected chi connectivity index (χ4v) is 1.97. The molecule has 118 valence electrons. The summed E-state index contributed by atoms with van der Waals surface area (Å²) in [6, 6.07) is 0. The highest BCUT2D eigenvalue weighted by Gasteiger charge is 2.10. The predicted octanol–water partition coefficient (Wildman–Crippen LogP) is 4.55. The van der Waals surface area contributed by atoms with Gasteiger partial charge in [0.1, 0.15) is 12.8 Å². The van der Waals surface area contributed by atoms with Crippen molar-refractivity contribution in [2.45, 2.75) is 32.4 Å². The van der Waals surface area contributed by atoms with Crippen LogP contribution in [0, 0.1) is 12.8 Å². The van der Waals surface area contributed by atoms with Gasteiger partial charge in [0.05, 0.1) is 5.69 Å². The number of nitrogens with zero attached hydrogens (tertiary/aromatic N) is 2. The third-order valence-corrected chi connectivity index (χ3v) is 3.05. The van der Waals surface area contributed by atoms with Crippen LogP contribution in [-0.4, -0.2) is 23.6 Å². The largest absolute Gasteiger partial charge is 0.430 e. The van der Waals surface area contributed by atoms with Crippen LogP contribution in [0.2, 0.25) is 0 Å². The Kier molecular flexibility index (Phi) is 7.35. The monoisotopic (exact) mass is 322 g/mol. The highest BCUT2D eigenvalue weighted by atomic mass is 32.2. The number of halogens is 3. The van der Waals surface area contributed by atoms with Crippen molar-refractivity contribution >= 4 is 18.0 Å². The van der Waals surface area contributed by atoms with Crippen LogP contribution >= 0.6 is 11.8 Å². The van der Waals surface area contributed by atoms with Gasteiger partial charge in [-0.1, -0.05) is 30.8 Å². The van der Waals surface area contributed by atoms with E-state index in [0.717, 1.165) is 11.8 Å². The van der Waals surface area contributed by atoms with E-state index < -0.39 is 11.9 Å². The van der Waals surface area contributed by atoms with E-state index in [1.54, 1.807) is 6.92 Å². The summed E-state index contributed by atoms with van der Waals surface area (Å²) in [5.74, 6) is -0.504. The van der Waals surface area contributed by atoms with Crippen molar-refractivity contribution in [3.05, 3.63) is 23.4 Å². The van der Waals surface area contributed by atoms with Crippen LogP contribution < -0.4 is 0 Å². The molecular weight excluding hydrogens is 305 g/mol. The van der Waals surface area contributed by atoms with E-state index >= 15 is 0 Å². The first-order chi connectivity index (χ1) is 9.90. The molecule has 0 N–H and O–H groups in total. The number of allylic oxidation sites excluding steroid dienone is 1. The summed E-state index contributed by atoms with van der Waals surface area (Å²) in [4.78, 5) is 9.13.